The Kier molecular flexibility index (Phi) is 3.51. The Morgan fingerprint density at radius 1 is 1.38 bits per heavy atom. The summed E-state index contributed by atoms with van der Waals surface area (Å²) in [5.74, 6) is -1.05. The number of carboxylic acids is 1. The van der Waals surface area contributed by atoms with Gasteiger partial charge in [0.1, 0.15) is 0 Å². The second-order valence-electron chi connectivity index (χ2n) is 3.14. The summed E-state index contributed by atoms with van der Waals surface area (Å²) in [5.41, 5.74) is 1.00. The van der Waals surface area contributed by atoms with Gasteiger partial charge in [-0.25, -0.2) is 9.52 Å². The Morgan fingerprint density at radius 2 is 2.00 bits per heavy atom. The molecule has 0 bridgehead atoms. The number of rotatable bonds is 4. The first kappa shape index (κ1) is 12.5. The van der Waals surface area contributed by atoms with E-state index in [1.54, 1.807) is 6.92 Å². The number of carbonyl (C=O) groups is 1. The number of aryl methyl sites for hydroxylation is 1. The molecule has 1 rings (SSSR count). The molecule has 1 aromatic rings. The van der Waals surface area contributed by atoms with Crippen LogP contribution in [-0.2, 0) is 10.2 Å². The van der Waals surface area contributed by atoms with E-state index in [9.17, 15) is 13.2 Å². The second kappa shape index (κ2) is 4.50. The van der Waals surface area contributed by atoms with Gasteiger partial charge < -0.3 is 5.11 Å². The molecule has 0 saturated heterocycles. The molecule has 7 heteroatoms. The van der Waals surface area contributed by atoms with Gasteiger partial charge in [0.05, 0.1) is 11.3 Å². The summed E-state index contributed by atoms with van der Waals surface area (Å²) in [4.78, 5) is 10.7. The fourth-order valence-corrected chi connectivity index (χ4v) is 1.73. The number of hydrogen-bond acceptors (Lipinski definition) is 3. The highest BCUT2D eigenvalue weighted by atomic mass is 32.2. The summed E-state index contributed by atoms with van der Waals surface area (Å²) >= 11 is 0. The maximum Gasteiger partial charge on any atom is 0.335 e. The first-order valence-corrected chi connectivity index (χ1v) is 5.89. The Bertz CT molecular complexity index is 510. The Labute approximate surface area is 93.5 Å². The number of nitrogens with one attached hydrogen (secondary N) is 2. The van der Waals surface area contributed by atoms with Gasteiger partial charge in [-0.2, -0.15) is 8.42 Å². The third-order valence-electron chi connectivity index (χ3n) is 1.99. The van der Waals surface area contributed by atoms with E-state index in [4.69, 9.17) is 5.11 Å². The van der Waals surface area contributed by atoms with E-state index in [1.165, 1.54) is 25.2 Å². The largest absolute Gasteiger partial charge is 0.478 e. The second-order valence-corrected chi connectivity index (χ2v) is 4.76. The van der Waals surface area contributed by atoms with Crippen LogP contribution in [0.3, 0.4) is 0 Å². The lowest BCUT2D eigenvalue weighted by Crippen LogP contribution is -2.26. The zero-order chi connectivity index (χ0) is 12.3. The average molecular weight is 244 g/mol. The van der Waals surface area contributed by atoms with Gasteiger partial charge in [-0.05, 0) is 30.7 Å². The number of carboxylic acid groups (broad SMARTS) is 1. The quantitative estimate of drug-likeness (QED) is 0.721. The van der Waals surface area contributed by atoms with E-state index in [-0.39, 0.29) is 5.56 Å². The van der Waals surface area contributed by atoms with E-state index in [1.807, 2.05) is 0 Å². The van der Waals surface area contributed by atoms with Crippen molar-refractivity contribution in [2.24, 2.45) is 0 Å². The maximum atomic E-state index is 11.2. The number of aromatic carboxylic acids is 1. The smallest absolute Gasteiger partial charge is 0.335 e. The molecule has 88 valence electrons. The minimum atomic E-state index is -3.58. The lowest BCUT2D eigenvalue weighted by Gasteiger charge is -2.09. The Morgan fingerprint density at radius 3 is 2.44 bits per heavy atom. The molecule has 0 unspecified atom stereocenters. The van der Waals surface area contributed by atoms with Gasteiger partial charge in [0.15, 0.2) is 0 Å². The van der Waals surface area contributed by atoms with Crippen LogP contribution in [0.15, 0.2) is 18.2 Å². The fraction of sp³-hybridized carbons (Fsp3) is 0.222. The summed E-state index contributed by atoms with van der Waals surface area (Å²) in [7, 11) is -2.29. The van der Waals surface area contributed by atoms with E-state index >= 15 is 0 Å². The highest BCUT2D eigenvalue weighted by Crippen LogP contribution is 2.17. The summed E-state index contributed by atoms with van der Waals surface area (Å²) in [6.45, 7) is 1.62. The molecule has 0 spiro atoms. The molecule has 16 heavy (non-hydrogen) atoms. The zero-order valence-corrected chi connectivity index (χ0v) is 9.63. The molecule has 0 atom stereocenters. The van der Waals surface area contributed by atoms with Crippen LogP contribution in [0, 0.1) is 6.92 Å². The molecule has 0 radical (unpaired) electrons. The van der Waals surface area contributed by atoms with Gasteiger partial charge in [-0.3, -0.25) is 4.72 Å². The van der Waals surface area contributed by atoms with Crippen LogP contribution in [0.5, 0.6) is 0 Å². The highest BCUT2D eigenvalue weighted by Gasteiger charge is 2.10. The zero-order valence-electron chi connectivity index (χ0n) is 8.81. The predicted molar refractivity (Wildman–Crippen MR) is 59.7 cm³/mol. The standard InChI is InChI=1S/C9H12N2O4S/c1-6-5-7(9(12)13)3-4-8(6)11-16(14,15)10-2/h3-5,10-11H,1-2H3,(H,12,13). The van der Waals surface area contributed by atoms with Crippen LogP contribution in [0.4, 0.5) is 5.69 Å². The molecule has 0 aliphatic heterocycles. The molecule has 0 aliphatic carbocycles. The lowest BCUT2D eigenvalue weighted by molar-refractivity contribution is 0.0697. The average Bonchev–Trinajstić information content (AvgIpc) is 2.20. The summed E-state index contributed by atoms with van der Waals surface area (Å²) in [6, 6.07) is 4.15. The van der Waals surface area contributed by atoms with Crippen molar-refractivity contribution in [3.05, 3.63) is 29.3 Å². The van der Waals surface area contributed by atoms with Crippen molar-refractivity contribution in [3.63, 3.8) is 0 Å². The van der Waals surface area contributed by atoms with Crippen molar-refractivity contribution < 1.29 is 18.3 Å². The number of benzene rings is 1. The molecular formula is C9H12N2O4S. The van der Waals surface area contributed by atoms with Crippen LogP contribution in [-0.4, -0.2) is 26.5 Å². The molecule has 6 nitrogen and oxygen atoms in total. The number of hydrogen-bond donors (Lipinski definition) is 3. The van der Waals surface area contributed by atoms with Crippen molar-refractivity contribution in [1.82, 2.24) is 4.72 Å². The fourth-order valence-electron chi connectivity index (χ4n) is 1.11. The van der Waals surface area contributed by atoms with Crippen molar-refractivity contribution in [2.75, 3.05) is 11.8 Å². The molecule has 0 aliphatic rings. The normalized spacial score (nSPS) is 11.1. The number of anilines is 1. The van der Waals surface area contributed by atoms with Crippen LogP contribution in [0.25, 0.3) is 0 Å². The van der Waals surface area contributed by atoms with E-state index in [2.05, 4.69) is 9.44 Å². The molecule has 0 heterocycles. The molecule has 3 N–H and O–H groups in total. The minimum absolute atomic E-state index is 0.116. The highest BCUT2D eigenvalue weighted by molar-refractivity contribution is 7.90. The van der Waals surface area contributed by atoms with Crippen LogP contribution in [0.1, 0.15) is 15.9 Å². The Hall–Kier alpha value is -1.60. The molecule has 1 aromatic carbocycles. The van der Waals surface area contributed by atoms with Crippen LogP contribution < -0.4 is 9.44 Å². The predicted octanol–water partition coefficient (Wildman–Crippen LogP) is 0.569. The molecular weight excluding hydrogens is 232 g/mol. The summed E-state index contributed by atoms with van der Waals surface area (Å²) < 4.78 is 26.8. The van der Waals surface area contributed by atoms with Gasteiger partial charge in [0.25, 0.3) is 10.2 Å². The van der Waals surface area contributed by atoms with Crippen molar-refractivity contribution >= 4 is 21.9 Å². The molecule has 0 saturated carbocycles. The van der Waals surface area contributed by atoms with Gasteiger partial charge in [0, 0.05) is 7.05 Å². The van der Waals surface area contributed by atoms with E-state index in [0.717, 1.165) is 0 Å². The molecule has 0 amide bonds. The summed E-state index contributed by atoms with van der Waals surface area (Å²) in [6.07, 6.45) is 0. The third-order valence-corrected chi connectivity index (χ3v) is 3.01. The van der Waals surface area contributed by atoms with Gasteiger partial charge in [-0.15, -0.1) is 0 Å². The van der Waals surface area contributed by atoms with Crippen LogP contribution >= 0.6 is 0 Å². The van der Waals surface area contributed by atoms with Crippen molar-refractivity contribution in [2.45, 2.75) is 6.92 Å². The van der Waals surface area contributed by atoms with Crippen molar-refractivity contribution in [1.29, 1.82) is 0 Å². The Balaban J connectivity index is 3.05. The van der Waals surface area contributed by atoms with Gasteiger partial charge >= 0.3 is 5.97 Å². The first-order valence-electron chi connectivity index (χ1n) is 4.41. The van der Waals surface area contributed by atoms with E-state index < -0.39 is 16.2 Å². The maximum absolute atomic E-state index is 11.2. The first-order chi connectivity index (χ1) is 7.35. The summed E-state index contributed by atoms with van der Waals surface area (Å²) in [5, 5.41) is 8.73. The SMILES string of the molecule is CNS(=O)(=O)Nc1ccc(C(=O)O)cc1C. The van der Waals surface area contributed by atoms with E-state index in [0.29, 0.717) is 11.3 Å². The van der Waals surface area contributed by atoms with Gasteiger partial charge in [-0.1, -0.05) is 0 Å². The third kappa shape index (κ3) is 2.94. The van der Waals surface area contributed by atoms with Gasteiger partial charge in [0.2, 0.25) is 0 Å². The van der Waals surface area contributed by atoms with Crippen molar-refractivity contribution in [3.8, 4) is 0 Å². The topological polar surface area (TPSA) is 95.5 Å². The molecule has 0 aromatic heterocycles. The van der Waals surface area contributed by atoms with Crippen LogP contribution in [0.2, 0.25) is 0 Å². The molecule has 0 fully saturated rings. The monoisotopic (exact) mass is 244 g/mol. The lowest BCUT2D eigenvalue weighted by atomic mass is 10.1. The minimum Gasteiger partial charge on any atom is -0.478 e.